The fraction of sp³-hybridized carbons (Fsp3) is 0.538. The molecule has 2 rings (SSSR count). The molecule has 0 unspecified atom stereocenters. The number of hydrogen-bond acceptors (Lipinski definition) is 3. The van der Waals surface area contributed by atoms with E-state index in [4.69, 9.17) is 0 Å². The molecule has 0 aromatic heterocycles. The third kappa shape index (κ3) is 3.22. The molecule has 1 saturated heterocycles. The van der Waals surface area contributed by atoms with Crippen molar-refractivity contribution in [3.05, 3.63) is 24.3 Å². The van der Waals surface area contributed by atoms with Crippen molar-refractivity contribution in [1.29, 1.82) is 0 Å². The van der Waals surface area contributed by atoms with Gasteiger partial charge in [-0.25, -0.2) is 0 Å². The molecule has 0 radical (unpaired) electrons. The topological polar surface area (TPSA) is 32.3 Å². The molecule has 94 valence electrons. The van der Waals surface area contributed by atoms with Crippen molar-refractivity contribution in [3.63, 3.8) is 0 Å². The Morgan fingerprint density at radius 3 is 2.53 bits per heavy atom. The molecule has 0 saturated carbocycles. The van der Waals surface area contributed by atoms with Gasteiger partial charge in [0, 0.05) is 42.4 Å². The van der Waals surface area contributed by atoms with Crippen LogP contribution in [-0.4, -0.2) is 35.9 Å². The van der Waals surface area contributed by atoms with E-state index in [1.165, 1.54) is 11.4 Å². The van der Waals surface area contributed by atoms with E-state index in [-0.39, 0.29) is 0 Å². The average Bonchev–Trinajstić information content (AvgIpc) is 2.32. The summed E-state index contributed by atoms with van der Waals surface area (Å²) in [6.45, 7) is 0. The van der Waals surface area contributed by atoms with Gasteiger partial charge < -0.3 is 10.2 Å². The van der Waals surface area contributed by atoms with E-state index in [0.29, 0.717) is 6.04 Å². The number of rotatable bonds is 3. The molecule has 1 aromatic carbocycles. The molecule has 1 fully saturated rings. The lowest BCUT2D eigenvalue weighted by atomic mass is 10.1. The number of anilines is 2. The lowest BCUT2D eigenvalue weighted by molar-refractivity contribution is 0.624. The first kappa shape index (κ1) is 12.4. The highest BCUT2D eigenvalue weighted by Crippen LogP contribution is 2.26. The van der Waals surface area contributed by atoms with E-state index in [9.17, 15) is 4.21 Å². The van der Waals surface area contributed by atoms with Crippen LogP contribution in [0.5, 0.6) is 0 Å². The van der Waals surface area contributed by atoms with Gasteiger partial charge in [0.05, 0.1) is 11.4 Å². The van der Waals surface area contributed by atoms with Gasteiger partial charge in [-0.1, -0.05) is 12.1 Å². The Labute approximate surface area is 106 Å². The number of nitrogens with one attached hydrogen (secondary N) is 1. The molecule has 17 heavy (non-hydrogen) atoms. The Kier molecular flexibility index (Phi) is 4.05. The minimum Gasteiger partial charge on any atom is -0.381 e. The molecule has 1 heterocycles. The zero-order chi connectivity index (χ0) is 12.3. The van der Waals surface area contributed by atoms with Gasteiger partial charge in [0.15, 0.2) is 0 Å². The standard InChI is InChI=1S/C13H20N2OS/c1-15(2)13-6-4-3-5-12(13)14-11-7-9-17(16)10-8-11/h3-6,11,14H,7-10H2,1-2H3. The van der Waals surface area contributed by atoms with Crippen LogP contribution in [0.1, 0.15) is 12.8 Å². The monoisotopic (exact) mass is 252 g/mol. The van der Waals surface area contributed by atoms with E-state index in [1.807, 2.05) is 0 Å². The molecule has 1 aliphatic heterocycles. The lowest BCUT2D eigenvalue weighted by Gasteiger charge is -2.26. The SMILES string of the molecule is CN(C)c1ccccc1NC1CCS(=O)CC1. The molecule has 1 aromatic rings. The number of hydrogen-bond donors (Lipinski definition) is 1. The second-order valence-corrected chi connectivity index (χ2v) is 6.37. The van der Waals surface area contributed by atoms with Crippen LogP contribution in [0.4, 0.5) is 11.4 Å². The van der Waals surface area contributed by atoms with E-state index < -0.39 is 10.8 Å². The fourth-order valence-corrected chi connectivity index (χ4v) is 3.44. The highest BCUT2D eigenvalue weighted by atomic mass is 32.2. The predicted octanol–water partition coefficient (Wildman–Crippen LogP) is 2.08. The Bertz CT molecular complexity index is 396. The predicted molar refractivity (Wildman–Crippen MR) is 75.3 cm³/mol. The Hall–Kier alpha value is -1.03. The summed E-state index contributed by atoms with van der Waals surface area (Å²) in [6.07, 6.45) is 2.02. The van der Waals surface area contributed by atoms with Crippen LogP contribution in [0.3, 0.4) is 0 Å². The van der Waals surface area contributed by atoms with Crippen molar-refractivity contribution in [1.82, 2.24) is 0 Å². The first-order chi connectivity index (χ1) is 8.16. The Morgan fingerprint density at radius 1 is 1.24 bits per heavy atom. The minimum atomic E-state index is -0.583. The Balaban J connectivity index is 2.05. The van der Waals surface area contributed by atoms with E-state index >= 15 is 0 Å². The third-order valence-corrected chi connectivity index (χ3v) is 4.52. The second-order valence-electron chi connectivity index (χ2n) is 4.68. The quantitative estimate of drug-likeness (QED) is 0.894. The van der Waals surface area contributed by atoms with Crippen LogP contribution in [0.15, 0.2) is 24.3 Å². The maximum atomic E-state index is 11.3. The number of para-hydroxylation sites is 2. The molecule has 0 bridgehead atoms. The van der Waals surface area contributed by atoms with Crippen LogP contribution in [0.25, 0.3) is 0 Å². The largest absolute Gasteiger partial charge is 0.381 e. The second kappa shape index (κ2) is 5.54. The van der Waals surface area contributed by atoms with Crippen molar-refractivity contribution >= 4 is 22.2 Å². The average molecular weight is 252 g/mol. The lowest BCUT2D eigenvalue weighted by Crippen LogP contribution is -2.30. The van der Waals surface area contributed by atoms with Crippen LogP contribution in [0.2, 0.25) is 0 Å². The smallest absolute Gasteiger partial charge is 0.0596 e. The van der Waals surface area contributed by atoms with Crippen molar-refractivity contribution in [3.8, 4) is 0 Å². The van der Waals surface area contributed by atoms with Gasteiger partial charge in [-0.15, -0.1) is 0 Å². The first-order valence-electron chi connectivity index (χ1n) is 6.04. The van der Waals surface area contributed by atoms with Gasteiger partial charge in [-0.2, -0.15) is 0 Å². The van der Waals surface area contributed by atoms with E-state index in [0.717, 1.165) is 24.3 Å². The molecule has 4 heteroatoms. The van der Waals surface area contributed by atoms with Gasteiger partial charge >= 0.3 is 0 Å². The van der Waals surface area contributed by atoms with Crippen LogP contribution in [-0.2, 0) is 10.8 Å². The molecule has 1 N–H and O–H groups in total. The summed E-state index contributed by atoms with van der Waals surface area (Å²) >= 11 is 0. The van der Waals surface area contributed by atoms with Crippen LogP contribution < -0.4 is 10.2 Å². The van der Waals surface area contributed by atoms with Gasteiger partial charge in [0.25, 0.3) is 0 Å². The number of benzene rings is 1. The van der Waals surface area contributed by atoms with Crippen LogP contribution >= 0.6 is 0 Å². The highest BCUT2D eigenvalue weighted by Gasteiger charge is 2.18. The Morgan fingerprint density at radius 2 is 1.88 bits per heavy atom. The van der Waals surface area contributed by atoms with Gasteiger partial charge in [0.2, 0.25) is 0 Å². The maximum Gasteiger partial charge on any atom is 0.0596 e. The van der Waals surface area contributed by atoms with Crippen LogP contribution in [0, 0.1) is 0 Å². The molecule has 0 atom stereocenters. The molecule has 0 spiro atoms. The molecule has 1 aliphatic rings. The zero-order valence-electron chi connectivity index (χ0n) is 10.5. The number of nitrogens with zero attached hydrogens (tertiary/aromatic N) is 1. The minimum absolute atomic E-state index is 0.466. The first-order valence-corrected chi connectivity index (χ1v) is 7.53. The highest BCUT2D eigenvalue weighted by molar-refractivity contribution is 7.85. The summed E-state index contributed by atoms with van der Waals surface area (Å²) in [5, 5.41) is 3.58. The van der Waals surface area contributed by atoms with Crippen molar-refractivity contribution in [2.75, 3.05) is 35.8 Å². The fourth-order valence-electron chi connectivity index (χ4n) is 2.14. The van der Waals surface area contributed by atoms with Crippen molar-refractivity contribution in [2.45, 2.75) is 18.9 Å². The molecular formula is C13H20N2OS. The summed E-state index contributed by atoms with van der Waals surface area (Å²) in [7, 11) is 3.52. The maximum absolute atomic E-state index is 11.3. The summed E-state index contributed by atoms with van der Waals surface area (Å²) in [5.74, 6) is 1.67. The molecule has 0 aliphatic carbocycles. The van der Waals surface area contributed by atoms with Crippen molar-refractivity contribution in [2.24, 2.45) is 0 Å². The molecule has 0 amide bonds. The summed E-state index contributed by atoms with van der Waals surface area (Å²) in [5.41, 5.74) is 2.38. The van der Waals surface area contributed by atoms with E-state index in [2.05, 4.69) is 48.6 Å². The summed E-state index contributed by atoms with van der Waals surface area (Å²) in [6, 6.07) is 8.80. The molecular weight excluding hydrogens is 232 g/mol. The van der Waals surface area contributed by atoms with Gasteiger partial charge in [-0.3, -0.25) is 4.21 Å². The van der Waals surface area contributed by atoms with Crippen molar-refractivity contribution < 1.29 is 4.21 Å². The summed E-state index contributed by atoms with van der Waals surface area (Å²) in [4.78, 5) is 2.11. The molecule has 3 nitrogen and oxygen atoms in total. The third-order valence-electron chi connectivity index (χ3n) is 3.13. The zero-order valence-corrected chi connectivity index (χ0v) is 11.3. The van der Waals surface area contributed by atoms with E-state index in [1.54, 1.807) is 0 Å². The van der Waals surface area contributed by atoms with Gasteiger partial charge in [-0.05, 0) is 25.0 Å². The summed E-state index contributed by atoms with van der Waals surface area (Å²) < 4.78 is 11.3. The normalized spacial score (nSPS) is 24.4. The van der Waals surface area contributed by atoms with Gasteiger partial charge in [0.1, 0.15) is 0 Å².